The zero-order valence-corrected chi connectivity index (χ0v) is 25.0. The molecule has 0 radical (unpaired) electrons. The number of carbonyl (C=O) groups is 1. The molecule has 3 N–H and O–H groups in total. The number of aliphatic hydroxyl groups excluding tert-OH is 1. The van der Waals surface area contributed by atoms with Gasteiger partial charge in [-0.2, -0.15) is 0 Å². The molecule has 1 rings (SSSR count). The second kappa shape index (κ2) is 23.1. The predicted octanol–water partition coefficient (Wildman–Crippen LogP) is 8.79. The number of hydrogen-bond acceptors (Lipinski definition) is 5. The number of phenolic OH excluding ortho intramolecular Hbond substituents is 1. The average Bonchev–Trinajstić information content (AvgIpc) is 2.87. The van der Waals surface area contributed by atoms with E-state index in [2.05, 4.69) is 32.3 Å². The van der Waals surface area contributed by atoms with Crippen LogP contribution < -0.4 is 4.74 Å². The Morgan fingerprint density at radius 1 is 1.08 bits per heavy atom. The van der Waals surface area contributed by atoms with Crippen molar-refractivity contribution in [2.24, 2.45) is 10.9 Å². The molecule has 0 aliphatic heterocycles. The van der Waals surface area contributed by atoms with Crippen molar-refractivity contribution in [1.82, 2.24) is 0 Å². The number of carboxylic acid groups (broad SMARTS) is 1. The number of rotatable bonds is 10. The number of aliphatic imine (C=N–C) groups is 1. The van der Waals surface area contributed by atoms with Crippen LogP contribution in [0, 0.1) is 5.92 Å². The van der Waals surface area contributed by atoms with Crippen LogP contribution in [0.3, 0.4) is 0 Å². The first-order valence-corrected chi connectivity index (χ1v) is 13.1. The molecule has 1 aromatic carbocycles. The number of carboxylic acids is 1. The van der Waals surface area contributed by atoms with Gasteiger partial charge in [-0.25, -0.2) is 4.79 Å². The second-order valence-electron chi connectivity index (χ2n) is 8.13. The van der Waals surface area contributed by atoms with Crippen molar-refractivity contribution < 1.29 is 24.9 Å². The number of hydrogen-bond donors (Lipinski definition) is 3. The van der Waals surface area contributed by atoms with Crippen molar-refractivity contribution in [3.8, 4) is 11.5 Å². The molecule has 0 saturated carbocycles. The summed E-state index contributed by atoms with van der Waals surface area (Å²) in [6.07, 6.45) is 5.70. The first kappa shape index (κ1) is 38.3. The smallest absolute Gasteiger partial charge is 0.341 e. The van der Waals surface area contributed by atoms with Crippen LogP contribution in [-0.4, -0.2) is 41.2 Å². The summed E-state index contributed by atoms with van der Waals surface area (Å²) in [5.74, 6) is -0.114. The summed E-state index contributed by atoms with van der Waals surface area (Å²) in [4.78, 5) is 15.4. The van der Waals surface area contributed by atoms with E-state index in [4.69, 9.17) is 4.74 Å². The molecule has 210 valence electrons. The Bertz CT molecular complexity index is 919. The lowest BCUT2D eigenvalue weighted by molar-refractivity contribution is -0.132. The number of benzene rings is 1. The number of nitrogens with zero attached hydrogens (tertiary/aromatic N) is 1. The monoisotopic (exact) mass is 517 g/mol. The minimum atomic E-state index is -1.25. The van der Waals surface area contributed by atoms with E-state index in [1.54, 1.807) is 18.2 Å². The molecule has 6 nitrogen and oxygen atoms in total. The van der Waals surface area contributed by atoms with Crippen LogP contribution in [-0.2, 0) is 4.79 Å². The topological polar surface area (TPSA) is 99.4 Å². The van der Waals surface area contributed by atoms with E-state index in [1.165, 1.54) is 25.5 Å². The Hall–Kier alpha value is -3.28. The van der Waals surface area contributed by atoms with Gasteiger partial charge in [-0.1, -0.05) is 75.0 Å². The summed E-state index contributed by atoms with van der Waals surface area (Å²) in [6, 6.07) is 4.86. The summed E-state index contributed by atoms with van der Waals surface area (Å²) in [7, 11) is 1.54. The Morgan fingerprint density at radius 3 is 2.05 bits per heavy atom. The molecule has 0 saturated heterocycles. The number of aliphatic carboxylic acids is 1. The number of aromatic hydroxyl groups is 1. The third-order valence-electron chi connectivity index (χ3n) is 4.22. The van der Waals surface area contributed by atoms with Crippen LogP contribution in [0.1, 0.15) is 87.6 Å². The highest BCUT2D eigenvalue weighted by Gasteiger charge is 2.12. The Kier molecular flexibility index (Phi) is 23.9. The maximum Gasteiger partial charge on any atom is 0.341 e. The SMILES string of the molecule is C=C(/C=C(C)/C(=C/C(O)=C(\C=NCCC)C(=O)O)CC)c1cc(OC)ccc1O.CC.CC.CC(C)C. The lowest BCUT2D eigenvalue weighted by Gasteiger charge is -2.10. The first-order chi connectivity index (χ1) is 17.5. The summed E-state index contributed by atoms with van der Waals surface area (Å²) in [5, 5.41) is 29.8. The van der Waals surface area contributed by atoms with Crippen LogP contribution in [0.25, 0.3) is 5.57 Å². The highest BCUT2D eigenvalue weighted by molar-refractivity contribution is 6.09. The van der Waals surface area contributed by atoms with Gasteiger partial charge in [-0.15, -0.1) is 0 Å². The van der Waals surface area contributed by atoms with Crippen LogP contribution in [0.15, 0.2) is 64.4 Å². The molecule has 6 heteroatoms. The normalized spacial score (nSPS) is 11.8. The van der Waals surface area contributed by atoms with Gasteiger partial charge in [0.1, 0.15) is 22.8 Å². The summed E-state index contributed by atoms with van der Waals surface area (Å²) in [5.41, 5.74) is 2.33. The molecular formula is C31H51NO5. The second-order valence-corrected chi connectivity index (χ2v) is 8.13. The van der Waals surface area contributed by atoms with E-state index in [9.17, 15) is 20.1 Å². The van der Waals surface area contributed by atoms with E-state index in [0.29, 0.717) is 29.9 Å². The van der Waals surface area contributed by atoms with Crippen LogP contribution >= 0.6 is 0 Å². The van der Waals surface area contributed by atoms with Gasteiger partial charge in [-0.05, 0) is 66.7 Å². The minimum absolute atomic E-state index is 0.0740. The molecule has 0 spiro atoms. The van der Waals surface area contributed by atoms with Gasteiger partial charge in [0.25, 0.3) is 0 Å². The first-order valence-electron chi connectivity index (χ1n) is 13.1. The zero-order chi connectivity index (χ0) is 29.6. The van der Waals surface area contributed by atoms with Gasteiger partial charge in [0.15, 0.2) is 0 Å². The van der Waals surface area contributed by atoms with Gasteiger partial charge in [0.05, 0.1) is 7.11 Å². The van der Waals surface area contributed by atoms with E-state index in [0.717, 1.165) is 23.5 Å². The number of ether oxygens (including phenoxy) is 1. The van der Waals surface area contributed by atoms with Gasteiger partial charge >= 0.3 is 5.97 Å². The van der Waals surface area contributed by atoms with Gasteiger partial charge < -0.3 is 20.1 Å². The van der Waals surface area contributed by atoms with Crippen molar-refractivity contribution in [1.29, 1.82) is 0 Å². The highest BCUT2D eigenvalue weighted by atomic mass is 16.5. The molecular weight excluding hydrogens is 466 g/mol. The van der Waals surface area contributed by atoms with Crippen LogP contribution in [0.4, 0.5) is 0 Å². The van der Waals surface area contributed by atoms with Crippen molar-refractivity contribution in [2.45, 2.75) is 82.1 Å². The fourth-order valence-electron chi connectivity index (χ4n) is 2.58. The highest BCUT2D eigenvalue weighted by Crippen LogP contribution is 2.30. The Labute approximate surface area is 225 Å². The van der Waals surface area contributed by atoms with Crippen LogP contribution in [0.2, 0.25) is 0 Å². The standard InChI is InChI=1S/C23H29NO5.C4H10.2C2H6/c1-6-10-24-14-20(23(27)28)22(26)12-17(7-2)15(3)11-16(4)19-13-18(29-5)8-9-21(19)25;1-4(2)3;2*1-2/h8-9,11-14,25-26H,4,6-7,10H2,1-3,5H3,(H,27,28);4H,1-3H3;2*1-2H3/b15-11+,17-12+,22-20-,24-14?;;;. The molecule has 0 bridgehead atoms. The molecule has 0 fully saturated rings. The third-order valence-corrected chi connectivity index (χ3v) is 4.22. The molecule has 0 aliphatic carbocycles. The van der Waals surface area contributed by atoms with Crippen LogP contribution in [0.5, 0.6) is 11.5 Å². The van der Waals surface area contributed by atoms with E-state index in [-0.39, 0.29) is 17.1 Å². The van der Waals surface area contributed by atoms with Gasteiger partial charge in [-0.3, -0.25) is 4.99 Å². The fourth-order valence-corrected chi connectivity index (χ4v) is 2.58. The molecule has 0 aromatic heterocycles. The Morgan fingerprint density at radius 2 is 1.62 bits per heavy atom. The summed E-state index contributed by atoms with van der Waals surface area (Å²) >= 11 is 0. The van der Waals surface area contributed by atoms with Crippen molar-refractivity contribution in [3.05, 3.63) is 65.0 Å². The lowest BCUT2D eigenvalue weighted by Crippen LogP contribution is -2.06. The minimum Gasteiger partial charge on any atom is -0.507 e. The van der Waals surface area contributed by atoms with Gasteiger partial charge in [0, 0.05) is 18.3 Å². The zero-order valence-electron chi connectivity index (χ0n) is 25.0. The lowest BCUT2D eigenvalue weighted by atomic mass is 9.98. The average molecular weight is 518 g/mol. The number of phenols is 1. The summed E-state index contributed by atoms with van der Waals surface area (Å²) < 4.78 is 5.18. The predicted molar refractivity (Wildman–Crippen MR) is 160 cm³/mol. The van der Waals surface area contributed by atoms with Crippen molar-refractivity contribution in [3.63, 3.8) is 0 Å². The number of allylic oxidation sites excluding steroid dienone is 5. The molecule has 0 aliphatic rings. The maximum absolute atomic E-state index is 11.4. The van der Waals surface area contributed by atoms with Crippen molar-refractivity contribution in [2.75, 3.05) is 13.7 Å². The Balaban J connectivity index is -0.00000128. The summed E-state index contributed by atoms with van der Waals surface area (Å²) in [6.45, 7) is 24.6. The largest absolute Gasteiger partial charge is 0.507 e. The third kappa shape index (κ3) is 16.9. The molecule has 0 unspecified atom stereocenters. The van der Waals surface area contributed by atoms with Crippen molar-refractivity contribution >= 4 is 17.8 Å². The van der Waals surface area contributed by atoms with E-state index >= 15 is 0 Å². The molecule has 0 atom stereocenters. The molecule has 37 heavy (non-hydrogen) atoms. The molecule has 1 aromatic rings. The van der Waals surface area contributed by atoms with E-state index in [1.807, 2.05) is 48.5 Å². The fraction of sp³-hybridized carbons (Fsp3) is 0.484. The van der Waals surface area contributed by atoms with E-state index < -0.39 is 5.97 Å². The quantitative estimate of drug-likeness (QED) is 0.125. The number of aliphatic hydroxyl groups is 1. The van der Waals surface area contributed by atoms with Gasteiger partial charge in [0.2, 0.25) is 0 Å². The number of methoxy groups -OCH3 is 1. The molecule has 0 heterocycles. The maximum atomic E-state index is 11.4. The molecule has 0 amide bonds.